The Hall–Kier alpha value is -2.21. The number of halogens is 1. The molecular weight excluding hydrogens is 305 g/mol. The summed E-state index contributed by atoms with van der Waals surface area (Å²) in [4.78, 5) is 25.3. The highest BCUT2D eigenvalue weighted by Crippen LogP contribution is 2.39. The average Bonchev–Trinajstić information content (AvgIpc) is 3.07. The van der Waals surface area contributed by atoms with Gasteiger partial charge in [-0.1, -0.05) is 12.1 Å². The van der Waals surface area contributed by atoms with Crippen molar-refractivity contribution in [2.75, 3.05) is 12.4 Å². The number of hydrogen-bond acceptors (Lipinski definition) is 4. The van der Waals surface area contributed by atoms with Crippen LogP contribution in [0.3, 0.4) is 0 Å². The third kappa shape index (κ3) is 2.50. The Kier molecular flexibility index (Phi) is 3.94. The van der Waals surface area contributed by atoms with Crippen molar-refractivity contribution >= 4 is 28.2 Å². The maximum absolute atomic E-state index is 13.7. The van der Waals surface area contributed by atoms with Gasteiger partial charge in [-0.3, -0.25) is 4.79 Å². The van der Waals surface area contributed by atoms with Crippen LogP contribution in [0, 0.1) is 5.82 Å². The zero-order chi connectivity index (χ0) is 15.7. The number of fused-ring (bicyclic) bond motifs is 1. The predicted octanol–water partition coefficient (Wildman–Crippen LogP) is 3.41. The monoisotopic (exact) mass is 319 g/mol. The molecule has 0 spiro atoms. The van der Waals surface area contributed by atoms with E-state index in [0.717, 1.165) is 29.7 Å². The quantitative estimate of drug-likeness (QED) is 0.882. The van der Waals surface area contributed by atoms with Crippen LogP contribution in [0.5, 0.6) is 0 Å². The number of aryl methyl sites for hydroxylation is 1. The zero-order valence-corrected chi connectivity index (χ0v) is 12.8. The van der Waals surface area contributed by atoms with E-state index in [9.17, 15) is 14.0 Å². The van der Waals surface area contributed by atoms with Crippen LogP contribution in [-0.2, 0) is 17.6 Å². The molecule has 0 radical (unpaired) electrons. The molecule has 0 unspecified atom stereocenters. The third-order valence-electron chi connectivity index (χ3n) is 3.66. The summed E-state index contributed by atoms with van der Waals surface area (Å²) in [5.74, 6) is -1.63. The topological polar surface area (TPSA) is 55.4 Å². The lowest BCUT2D eigenvalue weighted by Crippen LogP contribution is -2.15. The van der Waals surface area contributed by atoms with Crippen LogP contribution in [0.25, 0.3) is 0 Å². The normalized spacial score (nSPS) is 12.8. The number of carbonyl (C=O) groups is 2. The van der Waals surface area contributed by atoms with Crippen LogP contribution in [0.4, 0.5) is 9.39 Å². The van der Waals surface area contributed by atoms with Crippen molar-refractivity contribution in [3.63, 3.8) is 0 Å². The number of nitrogens with one attached hydrogen (secondary N) is 1. The van der Waals surface area contributed by atoms with E-state index < -0.39 is 17.7 Å². The second-order valence-corrected chi connectivity index (χ2v) is 6.09. The molecule has 2 aromatic rings. The Balaban J connectivity index is 1.95. The summed E-state index contributed by atoms with van der Waals surface area (Å²) in [6.07, 6.45) is 2.68. The number of thiophene rings is 1. The summed E-state index contributed by atoms with van der Waals surface area (Å²) in [5, 5.41) is 3.09. The first-order valence-corrected chi connectivity index (χ1v) is 7.72. The summed E-state index contributed by atoms with van der Waals surface area (Å²) in [5.41, 5.74) is 1.30. The van der Waals surface area contributed by atoms with Crippen molar-refractivity contribution in [2.24, 2.45) is 0 Å². The molecule has 3 rings (SSSR count). The highest BCUT2D eigenvalue weighted by atomic mass is 32.1. The van der Waals surface area contributed by atoms with E-state index in [1.54, 1.807) is 6.07 Å². The Morgan fingerprint density at radius 1 is 1.27 bits per heavy atom. The highest BCUT2D eigenvalue weighted by Gasteiger charge is 2.28. The average molecular weight is 319 g/mol. The van der Waals surface area contributed by atoms with Crippen LogP contribution < -0.4 is 5.32 Å². The SMILES string of the molecule is COC(=O)c1c(NC(=O)c2ccccc2F)sc2c1CCC2. The van der Waals surface area contributed by atoms with Gasteiger partial charge in [0.1, 0.15) is 10.8 Å². The van der Waals surface area contributed by atoms with Crippen LogP contribution in [-0.4, -0.2) is 19.0 Å². The van der Waals surface area contributed by atoms with E-state index in [1.165, 1.54) is 36.6 Å². The molecular formula is C16H14FNO3S. The molecule has 1 aliphatic rings. The summed E-state index contributed by atoms with van der Waals surface area (Å²) < 4.78 is 18.5. The molecule has 114 valence electrons. The van der Waals surface area contributed by atoms with Crippen molar-refractivity contribution < 1.29 is 18.7 Å². The Morgan fingerprint density at radius 2 is 2.05 bits per heavy atom. The molecule has 1 N–H and O–H groups in total. The van der Waals surface area contributed by atoms with Gasteiger partial charge in [0.2, 0.25) is 0 Å². The van der Waals surface area contributed by atoms with Gasteiger partial charge in [-0.05, 0) is 37.0 Å². The van der Waals surface area contributed by atoms with Crippen molar-refractivity contribution in [2.45, 2.75) is 19.3 Å². The molecule has 0 atom stereocenters. The van der Waals surface area contributed by atoms with E-state index in [-0.39, 0.29) is 5.56 Å². The fourth-order valence-corrected chi connectivity index (χ4v) is 3.90. The van der Waals surface area contributed by atoms with Gasteiger partial charge in [-0.25, -0.2) is 9.18 Å². The van der Waals surface area contributed by atoms with Crippen LogP contribution in [0.1, 0.15) is 37.6 Å². The Bertz CT molecular complexity index is 754. The zero-order valence-electron chi connectivity index (χ0n) is 11.9. The summed E-state index contributed by atoms with van der Waals surface area (Å²) in [6.45, 7) is 0. The molecule has 0 saturated carbocycles. The van der Waals surface area contributed by atoms with Crippen molar-refractivity contribution in [3.05, 3.63) is 51.7 Å². The first-order chi connectivity index (χ1) is 10.6. The number of amides is 1. The lowest BCUT2D eigenvalue weighted by atomic mass is 10.1. The fraction of sp³-hybridized carbons (Fsp3) is 0.250. The number of methoxy groups -OCH3 is 1. The standard InChI is InChI=1S/C16H14FNO3S/c1-21-16(20)13-10-6-4-8-12(10)22-15(13)18-14(19)9-5-2-3-7-11(9)17/h2-3,5,7H,4,6,8H2,1H3,(H,18,19). The van der Waals surface area contributed by atoms with Gasteiger partial charge >= 0.3 is 5.97 Å². The number of anilines is 1. The van der Waals surface area contributed by atoms with Gasteiger partial charge < -0.3 is 10.1 Å². The lowest BCUT2D eigenvalue weighted by Gasteiger charge is -2.07. The number of ether oxygens (including phenoxy) is 1. The first kappa shape index (κ1) is 14.7. The summed E-state index contributed by atoms with van der Waals surface area (Å²) in [7, 11) is 1.31. The number of rotatable bonds is 3. The number of hydrogen-bond donors (Lipinski definition) is 1. The van der Waals surface area contributed by atoms with E-state index in [4.69, 9.17) is 4.74 Å². The minimum Gasteiger partial charge on any atom is -0.465 e. The molecule has 1 amide bonds. The van der Waals surface area contributed by atoms with Gasteiger partial charge in [0.15, 0.2) is 0 Å². The smallest absolute Gasteiger partial charge is 0.341 e. The van der Waals surface area contributed by atoms with Gasteiger partial charge in [0, 0.05) is 4.88 Å². The molecule has 0 bridgehead atoms. The molecule has 0 saturated heterocycles. The second-order valence-electron chi connectivity index (χ2n) is 4.99. The molecule has 1 aromatic heterocycles. The molecule has 1 aliphatic carbocycles. The predicted molar refractivity (Wildman–Crippen MR) is 82.0 cm³/mol. The van der Waals surface area contributed by atoms with Crippen molar-refractivity contribution in [3.8, 4) is 0 Å². The van der Waals surface area contributed by atoms with Gasteiger partial charge in [0.25, 0.3) is 5.91 Å². The molecule has 1 heterocycles. The van der Waals surface area contributed by atoms with Crippen molar-refractivity contribution in [1.82, 2.24) is 0 Å². The molecule has 4 nitrogen and oxygen atoms in total. The Morgan fingerprint density at radius 3 is 2.77 bits per heavy atom. The molecule has 22 heavy (non-hydrogen) atoms. The van der Waals surface area contributed by atoms with E-state index in [0.29, 0.717) is 10.6 Å². The number of benzene rings is 1. The van der Waals surface area contributed by atoms with Crippen LogP contribution in [0.2, 0.25) is 0 Å². The van der Waals surface area contributed by atoms with Gasteiger partial charge in [-0.15, -0.1) is 11.3 Å². The Labute approximate surface area is 130 Å². The van der Waals surface area contributed by atoms with Crippen molar-refractivity contribution in [1.29, 1.82) is 0 Å². The van der Waals surface area contributed by atoms with E-state index in [2.05, 4.69) is 5.32 Å². The maximum Gasteiger partial charge on any atom is 0.341 e. The fourth-order valence-electron chi connectivity index (χ4n) is 2.63. The largest absolute Gasteiger partial charge is 0.465 e. The maximum atomic E-state index is 13.7. The number of esters is 1. The first-order valence-electron chi connectivity index (χ1n) is 6.90. The van der Waals surface area contributed by atoms with Crippen LogP contribution >= 0.6 is 11.3 Å². The summed E-state index contributed by atoms with van der Waals surface area (Å²) >= 11 is 1.37. The van der Waals surface area contributed by atoms with Gasteiger partial charge in [-0.2, -0.15) is 0 Å². The minimum absolute atomic E-state index is 0.0492. The second kappa shape index (κ2) is 5.88. The molecule has 6 heteroatoms. The summed E-state index contributed by atoms with van der Waals surface area (Å²) in [6, 6.07) is 5.74. The van der Waals surface area contributed by atoms with E-state index >= 15 is 0 Å². The number of carbonyl (C=O) groups excluding carboxylic acids is 2. The highest BCUT2D eigenvalue weighted by molar-refractivity contribution is 7.17. The molecule has 0 fully saturated rings. The minimum atomic E-state index is -0.594. The molecule has 1 aromatic carbocycles. The lowest BCUT2D eigenvalue weighted by molar-refractivity contribution is 0.0601. The third-order valence-corrected chi connectivity index (χ3v) is 4.86. The van der Waals surface area contributed by atoms with Gasteiger partial charge in [0.05, 0.1) is 18.2 Å². The van der Waals surface area contributed by atoms with E-state index in [1.807, 2.05) is 0 Å². The molecule has 0 aliphatic heterocycles. The van der Waals surface area contributed by atoms with Crippen LogP contribution in [0.15, 0.2) is 24.3 Å².